The maximum Gasteiger partial charge on any atom is 0.224 e. The van der Waals surface area contributed by atoms with E-state index in [1.807, 2.05) is 38.1 Å². The molecule has 112 valence electrons. The van der Waals surface area contributed by atoms with E-state index in [0.717, 1.165) is 17.9 Å². The lowest BCUT2D eigenvalue weighted by molar-refractivity contribution is -0.116. The van der Waals surface area contributed by atoms with Gasteiger partial charge in [0.2, 0.25) is 5.91 Å². The van der Waals surface area contributed by atoms with E-state index in [9.17, 15) is 4.79 Å². The molecule has 1 rings (SSSR count). The average molecular weight is 300 g/mol. The van der Waals surface area contributed by atoms with Gasteiger partial charge in [-0.3, -0.25) is 4.79 Å². The smallest absolute Gasteiger partial charge is 0.224 e. The lowest BCUT2D eigenvalue weighted by atomic mass is 10.2. The Hall–Kier alpha value is -1.26. The monoisotopic (exact) mass is 299 g/mol. The van der Waals surface area contributed by atoms with E-state index in [0.29, 0.717) is 25.5 Å². The highest BCUT2D eigenvalue weighted by Gasteiger charge is 2.03. The van der Waals surface area contributed by atoms with E-state index in [1.54, 1.807) is 0 Å². The third-order valence-electron chi connectivity index (χ3n) is 2.48. The minimum absolute atomic E-state index is 0.00761. The Morgan fingerprint density at radius 3 is 2.55 bits per heavy atom. The Kier molecular flexibility index (Phi) is 8.07. The summed E-state index contributed by atoms with van der Waals surface area (Å²) < 4.78 is 10.7. The number of amides is 1. The number of anilines is 1. The number of nitrogens with one attached hydrogen (secondary N) is 1. The highest BCUT2D eigenvalue weighted by atomic mass is 35.5. The summed E-state index contributed by atoms with van der Waals surface area (Å²) >= 11 is 5.54. The maximum absolute atomic E-state index is 11.7. The standard InChI is InChI=1S/C15H22ClNO3/c1-12(2)19-10-3-4-15(18)17-13-5-7-14(8-6-13)20-11-9-16/h5-8,12H,3-4,9-11H2,1-2H3,(H,17,18). The van der Waals surface area contributed by atoms with Crippen molar-refractivity contribution in [3.05, 3.63) is 24.3 Å². The van der Waals surface area contributed by atoms with Crippen molar-refractivity contribution in [2.75, 3.05) is 24.4 Å². The molecular formula is C15H22ClNO3. The van der Waals surface area contributed by atoms with Gasteiger partial charge < -0.3 is 14.8 Å². The lowest BCUT2D eigenvalue weighted by Crippen LogP contribution is -2.13. The van der Waals surface area contributed by atoms with Crippen LogP contribution in [0.2, 0.25) is 0 Å². The number of hydrogen-bond acceptors (Lipinski definition) is 3. The van der Waals surface area contributed by atoms with Crippen LogP contribution in [0.15, 0.2) is 24.3 Å². The number of carbonyl (C=O) groups excluding carboxylic acids is 1. The summed E-state index contributed by atoms with van der Waals surface area (Å²) in [6.07, 6.45) is 1.39. The van der Waals surface area contributed by atoms with Crippen molar-refractivity contribution < 1.29 is 14.3 Å². The zero-order valence-electron chi connectivity index (χ0n) is 12.0. The molecule has 5 heteroatoms. The molecule has 0 spiro atoms. The molecule has 1 N–H and O–H groups in total. The van der Waals surface area contributed by atoms with E-state index in [2.05, 4.69) is 5.32 Å². The van der Waals surface area contributed by atoms with Crippen LogP contribution in [0.5, 0.6) is 5.75 Å². The molecule has 0 radical (unpaired) electrons. The van der Waals surface area contributed by atoms with Crippen molar-refractivity contribution >= 4 is 23.2 Å². The summed E-state index contributed by atoms with van der Waals surface area (Å²) in [5.74, 6) is 1.19. The largest absolute Gasteiger partial charge is 0.492 e. The lowest BCUT2D eigenvalue weighted by Gasteiger charge is -2.09. The molecule has 0 atom stereocenters. The van der Waals surface area contributed by atoms with Gasteiger partial charge in [0.25, 0.3) is 0 Å². The fraction of sp³-hybridized carbons (Fsp3) is 0.533. The van der Waals surface area contributed by atoms with Gasteiger partial charge in [-0.25, -0.2) is 0 Å². The van der Waals surface area contributed by atoms with Gasteiger partial charge >= 0.3 is 0 Å². The normalized spacial score (nSPS) is 10.6. The Morgan fingerprint density at radius 1 is 1.25 bits per heavy atom. The minimum Gasteiger partial charge on any atom is -0.492 e. The summed E-state index contributed by atoms with van der Waals surface area (Å²) in [7, 11) is 0. The van der Waals surface area contributed by atoms with Gasteiger partial charge in [0, 0.05) is 18.7 Å². The van der Waals surface area contributed by atoms with Crippen LogP contribution in [0.25, 0.3) is 0 Å². The molecule has 0 saturated heterocycles. The van der Waals surface area contributed by atoms with Crippen molar-refractivity contribution in [3.8, 4) is 5.75 Å². The van der Waals surface area contributed by atoms with Crippen LogP contribution in [0.1, 0.15) is 26.7 Å². The van der Waals surface area contributed by atoms with Crippen LogP contribution in [0.3, 0.4) is 0 Å². The van der Waals surface area contributed by atoms with Gasteiger partial charge in [0.05, 0.1) is 12.0 Å². The quantitative estimate of drug-likeness (QED) is 0.561. The van der Waals surface area contributed by atoms with Crippen LogP contribution in [-0.2, 0) is 9.53 Å². The highest BCUT2D eigenvalue weighted by molar-refractivity contribution is 6.18. The molecule has 0 aromatic heterocycles. The number of carbonyl (C=O) groups is 1. The first-order valence-corrected chi connectivity index (χ1v) is 7.35. The van der Waals surface area contributed by atoms with Gasteiger partial charge in [0.15, 0.2) is 0 Å². The van der Waals surface area contributed by atoms with Gasteiger partial charge in [-0.15, -0.1) is 11.6 Å². The van der Waals surface area contributed by atoms with Gasteiger partial charge in [-0.1, -0.05) is 0 Å². The molecule has 4 nitrogen and oxygen atoms in total. The molecule has 0 heterocycles. The zero-order valence-corrected chi connectivity index (χ0v) is 12.8. The molecule has 1 amide bonds. The third kappa shape index (κ3) is 7.36. The van der Waals surface area contributed by atoms with Gasteiger partial charge in [-0.2, -0.15) is 0 Å². The number of halogens is 1. The molecule has 0 unspecified atom stereocenters. The predicted octanol–water partition coefficient (Wildman–Crippen LogP) is 3.45. The Labute approximate surface area is 125 Å². The topological polar surface area (TPSA) is 47.6 Å². The number of hydrogen-bond donors (Lipinski definition) is 1. The second-order valence-corrected chi connectivity index (χ2v) is 5.01. The fourth-order valence-electron chi connectivity index (χ4n) is 1.57. The molecule has 0 aliphatic heterocycles. The summed E-state index contributed by atoms with van der Waals surface area (Å²) in [5.41, 5.74) is 0.762. The van der Waals surface area contributed by atoms with Crippen molar-refractivity contribution in [1.29, 1.82) is 0 Å². The molecule has 1 aromatic rings. The molecule has 20 heavy (non-hydrogen) atoms. The molecule has 0 aliphatic rings. The van der Waals surface area contributed by atoms with Crippen molar-refractivity contribution in [2.45, 2.75) is 32.8 Å². The Balaban J connectivity index is 2.27. The molecule has 0 bridgehead atoms. The highest BCUT2D eigenvalue weighted by Crippen LogP contribution is 2.16. The second-order valence-electron chi connectivity index (χ2n) is 4.63. The number of benzene rings is 1. The number of alkyl halides is 1. The van der Waals surface area contributed by atoms with Crippen LogP contribution in [-0.4, -0.2) is 31.1 Å². The summed E-state index contributed by atoms with van der Waals surface area (Å²) in [4.78, 5) is 11.7. The molecule has 0 fully saturated rings. The second kappa shape index (κ2) is 9.61. The average Bonchev–Trinajstić information content (AvgIpc) is 2.43. The first-order chi connectivity index (χ1) is 9.61. The van der Waals surface area contributed by atoms with E-state index in [1.165, 1.54) is 0 Å². The predicted molar refractivity (Wildman–Crippen MR) is 81.6 cm³/mol. The van der Waals surface area contributed by atoms with Gasteiger partial charge in [0.1, 0.15) is 12.4 Å². The zero-order chi connectivity index (χ0) is 14.8. The summed E-state index contributed by atoms with van der Waals surface area (Å²) in [6, 6.07) is 7.24. The van der Waals surface area contributed by atoms with Gasteiger partial charge in [-0.05, 0) is 44.5 Å². The van der Waals surface area contributed by atoms with E-state index in [-0.39, 0.29) is 12.0 Å². The molecule has 1 aromatic carbocycles. The number of rotatable bonds is 9. The van der Waals surface area contributed by atoms with Crippen molar-refractivity contribution in [3.63, 3.8) is 0 Å². The minimum atomic E-state index is -0.00761. The maximum atomic E-state index is 11.7. The Morgan fingerprint density at radius 2 is 1.95 bits per heavy atom. The van der Waals surface area contributed by atoms with Crippen LogP contribution < -0.4 is 10.1 Å². The van der Waals surface area contributed by atoms with Crippen LogP contribution in [0, 0.1) is 0 Å². The summed E-state index contributed by atoms with van der Waals surface area (Å²) in [5, 5.41) is 2.84. The van der Waals surface area contributed by atoms with Crippen molar-refractivity contribution in [2.24, 2.45) is 0 Å². The van der Waals surface area contributed by atoms with Crippen LogP contribution >= 0.6 is 11.6 Å². The third-order valence-corrected chi connectivity index (χ3v) is 2.64. The molecule has 0 aliphatic carbocycles. The summed E-state index contributed by atoms with van der Waals surface area (Å²) in [6.45, 7) is 5.04. The first-order valence-electron chi connectivity index (χ1n) is 6.82. The first kappa shape index (κ1) is 16.8. The molecule has 0 saturated carbocycles. The fourth-order valence-corrected chi connectivity index (χ4v) is 1.64. The van der Waals surface area contributed by atoms with E-state index < -0.39 is 0 Å². The SMILES string of the molecule is CC(C)OCCCC(=O)Nc1ccc(OCCCl)cc1. The van der Waals surface area contributed by atoms with E-state index in [4.69, 9.17) is 21.1 Å². The Bertz CT molecular complexity index is 393. The number of ether oxygens (including phenoxy) is 2. The van der Waals surface area contributed by atoms with Crippen molar-refractivity contribution in [1.82, 2.24) is 0 Å². The molecular weight excluding hydrogens is 278 g/mol. The van der Waals surface area contributed by atoms with E-state index >= 15 is 0 Å². The van der Waals surface area contributed by atoms with Crippen LogP contribution in [0.4, 0.5) is 5.69 Å².